The van der Waals surface area contributed by atoms with Crippen LogP contribution in [-0.2, 0) is 13.0 Å². The van der Waals surface area contributed by atoms with Crippen LogP contribution in [0.25, 0.3) is 0 Å². The minimum atomic E-state index is -0.238. The number of urea groups is 1. The van der Waals surface area contributed by atoms with Gasteiger partial charge >= 0.3 is 6.03 Å². The molecule has 2 aromatic carbocycles. The molecule has 0 aliphatic rings. The molecule has 31 heavy (non-hydrogen) atoms. The minimum absolute atomic E-state index is 0.238. The molecule has 0 spiro atoms. The van der Waals surface area contributed by atoms with Crippen molar-refractivity contribution in [2.75, 3.05) is 26.1 Å². The van der Waals surface area contributed by atoms with Gasteiger partial charge in [-0.05, 0) is 60.2 Å². The maximum atomic E-state index is 13.1. The van der Waals surface area contributed by atoms with Crippen molar-refractivity contribution in [3.8, 4) is 11.5 Å². The second-order valence-electron chi connectivity index (χ2n) is 6.92. The van der Waals surface area contributed by atoms with Gasteiger partial charge in [0.15, 0.2) is 11.5 Å². The molecule has 0 fully saturated rings. The Morgan fingerprint density at radius 2 is 1.87 bits per heavy atom. The maximum Gasteiger partial charge on any atom is 0.322 e. The average molecular weight is 479 g/mol. The van der Waals surface area contributed by atoms with Crippen LogP contribution in [0.5, 0.6) is 11.5 Å². The first-order valence-electron chi connectivity index (χ1n) is 9.66. The Bertz CT molecular complexity index is 1060. The lowest BCUT2D eigenvalue weighted by Gasteiger charge is -2.24. The molecule has 0 aliphatic carbocycles. The number of ether oxygens (including phenoxy) is 2. The molecular weight excluding hydrogens is 455 g/mol. The van der Waals surface area contributed by atoms with Crippen LogP contribution in [0.4, 0.5) is 10.5 Å². The molecule has 0 saturated heterocycles. The number of halogens is 2. The van der Waals surface area contributed by atoms with Gasteiger partial charge < -0.3 is 19.7 Å². The quantitative estimate of drug-likeness (QED) is 0.393. The molecule has 0 aliphatic heterocycles. The predicted octanol–water partition coefficient (Wildman–Crippen LogP) is 6.66. The first-order valence-corrected chi connectivity index (χ1v) is 11.3. The Morgan fingerprint density at radius 1 is 1.10 bits per heavy atom. The maximum absolute atomic E-state index is 13.1. The van der Waals surface area contributed by atoms with Crippen LogP contribution in [0.2, 0.25) is 10.0 Å². The Balaban J connectivity index is 1.78. The normalized spacial score (nSPS) is 10.6. The van der Waals surface area contributed by atoms with E-state index in [-0.39, 0.29) is 6.03 Å². The number of anilines is 1. The van der Waals surface area contributed by atoms with E-state index in [4.69, 9.17) is 32.7 Å². The van der Waals surface area contributed by atoms with Crippen LogP contribution in [0, 0.1) is 6.92 Å². The Hall–Kier alpha value is -2.41. The van der Waals surface area contributed by atoms with Crippen molar-refractivity contribution < 1.29 is 14.3 Å². The van der Waals surface area contributed by atoms with E-state index in [1.165, 1.54) is 0 Å². The minimum Gasteiger partial charge on any atom is -0.493 e. The molecule has 2 amide bonds. The smallest absolute Gasteiger partial charge is 0.322 e. The molecule has 0 unspecified atom stereocenters. The van der Waals surface area contributed by atoms with Gasteiger partial charge in [0, 0.05) is 11.4 Å². The molecule has 3 rings (SSSR count). The van der Waals surface area contributed by atoms with Crippen molar-refractivity contribution in [2.24, 2.45) is 0 Å². The van der Waals surface area contributed by atoms with Crippen LogP contribution < -0.4 is 14.8 Å². The average Bonchev–Trinajstić information content (AvgIpc) is 3.18. The van der Waals surface area contributed by atoms with E-state index in [1.54, 1.807) is 48.7 Å². The molecule has 1 N–H and O–H groups in total. The van der Waals surface area contributed by atoms with E-state index in [2.05, 4.69) is 11.4 Å². The van der Waals surface area contributed by atoms with Gasteiger partial charge in [0.05, 0.1) is 36.5 Å². The second kappa shape index (κ2) is 10.8. The van der Waals surface area contributed by atoms with Crippen molar-refractivity contribution in [1.82, 2.24) is 4.90 Å². The van der Waals surface area contributed by atoms with Gasteiger partial charge in [-0.1, -0.05) is 35.3 Å². The van der Waals surface area contributed by atoms with Gasteiger partial charge in [-0.3, -0.25) is 0 Å². The molecule has 5 nitrogen and oxygen atoms in total. The third-order valence-corrected chi connectivity index (χ3v) is 6.73. The SMILES string of the molecule is COc1ccc(CCN(Cc2sccc2C)C(=O)Nc2cccc(Cl)c2Cl)cc1OC. The number of aryl methyl sites for hydroxylation is 1. The van der Waals surface area contributed by atoms with E-state index >= 15 is 0 Å². The summed E-state index contributed by atoms with van der Waals surface area (Å²) < 4.78 is 10.7. The topological polar surface area (TPSA) is 50.8 Å². The molecule has 164 valence electrons. The number of rotatable bonds is 8. The summed E-state index contributed by atoms with van der Waals surface area (Å²) in [4.78, 5) is 16.0. The lowest BCUT2D eigenvalue weighted by molar-refractivity contribution is 0.210. The number of nitrogens with zero attached hydrogens (tertiary/aromatic N) is 1. The van der Waals surface area contributed by atoms with E-state index in [0.717, 1.165) is 16.0 Å². The lowest BCUT2D eigenvalue weighted by atomic mass is 10.1. The number of carbonyl (C=O) groups excluding carboxylic acids is 1. The van der Waals surface area contributed by atoms with Crippen LogP contribution in [-0.4, -0.2) is 31.7 Å². The summed E-state index contributed by atoms with van der Waals surface area (Å²) in [7, 11) is 3.21. The number of thiophene rings is 1. The third-order valence-electron chi connectivity index (χ3n) is 4.90. The summed E-state index contributed by atoms with van der Waals surface area (Å²) in [6, 6.07) is 12.8. The highest BCUT2D eigenvalue weighted by atomic mass is 35.5. The van der Waals surface area contributed by atoms with Gasteiger partial charge in [-0.15, -0.1) is 11.3 Å². The fourth-order valence-electron chi connectivity index (χ4n) is 3.09. The standard InChI is InChI=1S/C23H24Cl2N2O3S/c1-15-10-12-31-21(15)14-27(23(28)26-18-6-4-5-17(24)22(18)25)11-9-16-7-8-19(29-2)20(13-16)30-3/h4-8,10,12-13H,9,11,14H2,1-3H3,(H,26,28). The molecule has 3 aromatic rings. The van der Waals surface area contributed by atoms with Crippen LogP contribution in [0.3, 0.4) is 0 Å². The summed E-state index contributed by atoms with van der Waals surface area (Å²) in [5.74, 6) is 1.33. The lowest BCUT2D eigenvalue weighted by Crippen LogP contribution is -2.36. The summed E-state index contributed by atoms with van der Waals surface area (Å²) in [5.41, 5.74) is 2.69. The zero-order valence-electron chi connectivity index (χ0n) is 17.6. The van der Waals surface area contributed by atoms with Crippen LogP contribution in [0.15, 0.2) is 47.8 Å². The molecule has 0 bridgehead atoms. The molecular formula is C23H24Cl2N2O3S. The van der Waals surface area contributed by atoms with Crippen molar-refractivity contribution in [1.29, 1.82) is 0 Å². The zero-order valence-corrected chi connectivity index (χ0v) is 19.9. The molecule has 0 saturated carbocycles. The van der Waals surface area contributed by atoms with Crippen molar-refractivity contribution in [3.63, 3.8) is 0 Å². The third kappa shape index (κ3) is 5.85. The molecule has 1 aromatic heterocycles. The number of methoxy groups -OCH3 is 2. The Kier molecular flexibility index (Phi) is 8.07. The molecule has 0 atom stereocenters. The summed E-state index contributed by atoms with van der Waals surface area (Å²) in [6.07, 6.45) is 0.654. The Labute approximate surface area is 196 Å². The number of nitrogens with one attached hydrogen (secondary N) is 1. The number of benzene rings is 2. The van der Waals surface area contributed by atoms with Gasteiger partial charge in [0.1, 0.15) is 0 Å². The van der Waals surface area contributed by atoms with E-state index in [9.17, 15) is 4.79 Å². The van der Waals surface area contributed by atoms with Crippen molar-refractivity contribution in [2.45, 2.75) is 19.9 Å². The number of hydrogen-bond donors (Lipinski definition) is 1. The number of hydrogen-bond acceptors (Lipinski definition) is 4. The fraction of sp³-hybridized carbons (Fsp3) is 0.261. The number of carbonyl (C=O) groups is 1. The summed E-state index contributed by atoms with van der Waals surface area (Å²) in [5, 5.41) is 5.64. The van der Waals surface area contributed by atoms with E-state index in [0.29, 0.717) is 46.7 Å². The second-order valence-corrected chi connectivity index (χ2v) is 8.71. The van der Waals surface area contributed by atoms with Crippen LogP contribution in [0.1, 0.15) is 16.0 Å². The van der Waals surface area contributed by atoms with Gasteiger partial charge in [0.25, 0.3) is 0 Å². The fourth-order valence-corrected chi connectivity index (χ4v) is 4.36. The van der Waals surface area contributed by atoms with Gasteiger partial charge in [-0.25, -0.2) is 4.79 Å². The van der Waals surface area contributed by atoms with Gasteiger partial charge in [-0.2, -0.15) is 0 Å². The predicted molar refractivity (Wildman–Crippen MR) is 128 cm³/mol. The summed E-state index contributed by atoms with van der Waals surface area (Å²) in [6.45, 7) is 3.06. The van der Waals surface area contributed by atoms with Gasteiger partial charge in [0.2, 0.25) is 0 Å². The highest BCUT2D eigenvalue weighted by Crippen LogP contribution is 2.30. The molecule has 0 radical (unpaired) electrons. The van der Waals surface area contributed by atoms with E-state index < -0.39 is 0 Å². The first kappa shape index (κ1) is 23.3. The zero-order chi connectivity index (χ0) is 22.4. The van der Waals surface area contributed by atoms with Crippen LogP contribution >= 0.6 is 34.5 Å². The highest BCUT2D eigenvalue weighted by Gasteiger charge is 2.18. The largest absolute Gasteiger partial charge is 0.493 e. The monoisotopic (exact) mass is 478 g/mol. The van der Waals surface area contributed by atoms with Crippen molar-refractivity contribution >= 4 is 46.3 Å². The Morgan fingerprint density at radius 3 is 2.55 bits per heavy atom. The summed E-state index contributed by atoms with van der Waals surface area (Å²) >= 11 is 14.0. The molecule has 8 heteroatoms. The highest BCUT2D eigenvalue weighted by molar-refractivity contribution is 7.10. The van der Waals surface area contributed by atoms with Crippen molar-refractivity contribution in [3.05, 3.63) is 73.9 Å². The van der Waals surface area contributed by atoms with E-state index in [1.807, 2.05) is 30.5 Å². The first-order chi connectivity index (χ1) is 14.9. The number of amides is 2. The molecule has 1 heterocycles.